The summed E-state index contributed by atoms with van der Waals surface area (Å²) in [5, 5.41) is 0.648. The quantitative estimate of drug-likeness (QED) is 0.657. The van der Waals surface area contributed by atoms with Gasteiger partial charge in [0.2, 0.25) is 11.9 Å². The van der Waals surface area contributed by atoms with Crippen LogP contribution in [0, 0.1) is 5.82 Å². The van der Waals surface area contributed by atoms with E-state index in [2.05, 4.69) is 9.98 Å². The van der Waals surface area contributed by atoms with Crippen LogP contribution in [0.3, 0.4) is 0 Å². The van der Waals surface area contributed by atoms with Gasteiger partial charge in [-0.2, -0.15) is 4.99 Å². The predicted octanol–water partition coefficient (Wildman–Crippen LogP) is 3.97. The minimum absolute atomic E-state index is 0. The maximum Gasteiger partial charge on any atom is 0.220 e. The van der Waals surface area contributed by atoms with E-state index in [1.807, 2.05) is 0 Å². The molecule has 10 heteroatoms. The van der Waals surface area contributed by atoms with Crippen LogP contribution in [0.2, 0.25) is 10.0 Å². The number of rotatable bonds is 6. The van der Waals surface area contributed by atoms with Crippen LogP contribution in [0.1, 0.15) is 18.2 Å². The lowest BCUT2D eigenvalue weighted by molar-refractivity contribution is 0.255. The summed E-state index contributed by atoms with van der Waals surface area (Å²) in [7, 11) is 0. The molecule has 0 aliphatic carbocycles. The molecule has 4 N–H and O–H groups in total. The van der Waals surface area contributed by atoms with Crippen LogP contribution < -0.4 is 16.2 Å². The van der Waals surface area contributed by atoms with E-state index in [-0.39, 0.29) is 34.9 Å². The Morgan fingerprint density at radius 1 is 1.11 bits per heavy atom. The number of benzene rings is 2. The summed E-state index contributed by atoms with van der Waals surface area (Å²) in [5.74, 6) is 0.307. The van der Waals surface area contributed by atoms with Crippen molar-refractivity contribution in [2.45, 2.75) is 12.6 Å². The normalized spacial score (nSPS) is 16.1. The molecule has 0 spiro atoms. The Balaban J connectivity index is 0.00000280. The first-order chi connectivity index (χ1) is 13.0. The summed E-state index contributed by atoms with van der Waals surface area (Å²) in [6.07, 6.45) is -0.135. The van der Waals surface area contributed by atoms with Gasteiger partial charge < -0.3 is 21.1 Å². The van der Waals surface area contributed by atoms with Crippen molar-refractivity contribution < 1.29 is 9.13 Å². The van der Waals surface area contributed by atoms with Gasteiger partial charge in [-0.15, -0.1) is 12.4 Å². The highest BCUT2D eigenvalue weighted by molar-refractivity contribution is 6.31. The number of guanidine groups is 2. The van der Waals surface area contributed by atoms with Gasteiger partial charge in [-0.05, 0) is 36.8 Å². The number of hydrogen-bond acceptors (Lipinski definition) is 6. The average Bonchev–Trinajstić information content (AvgIpc) is 2.63. The molecule has 0 aromatic heterocycles. The van der Waals surface area contributed by atoms with E-state index in [9.17, 15) is 4.39 Å². The van der Waals surface area contributed by atoms with E-state index in [1.54, 1.807) is 41.3 Å². The Labute approximate surface area is 178 Å². The summed E-state index contributed by atoms with van der Waals surface area (Å²) in [5.41, 5.74) is 12.0. The molecule has 6 nitrogen and oxygen atoms in total. The molecule has 1 aliphatic heterocycles. The van der Waals surface area contributed by atoms with Gasteiger partial charge in [0.25, 0.3) is 0 Å². The van der Waals surface area contributed by atoms with Crippen molar-refractivity contribution in [1.82, 2.24) is 4.90 Å². The van der Waals surface area contributed by atoms with Gasteiger partial charge in [-0.1, -0.05) is 35.3 Å². The number of halogens is 4. The largest absolute Gasteiger partial charge is 0.494 e. The number of nitrogens with two attached hydrogens (primary N) is 2. The monoisotopic (exact) mass is 445 g/mol. The molecule has 0 bridgehead atoms. The lowest BCUT2D eigenvalue weighted by atomic mass is 10.1. The molecule has 1 aliphatic rings. The SMILES string of the molecule is Cl.NC1=NC(c2cccc(Cl)c2F)N(CCCOc2ccc(Cl)cc2)C(N)=N1. The molecule has 0 radical (unpaired) electrons. The zero-order chi connectivity index (χ0) is 19.4. The Hall–Kier alpha value is -2.22. The summed E-state index contributed by atoms with van der Waals surface area (Å²) in [6.45, 7) is 0.867. The molecule has 2 aromatic rings. The fourth-order valence-electron chi connectivity index (χ4n) is 2.68. The molecule has 0 fully saturated rings. The van der Waals surface area contributed by atoms with Crippen LogP contribution in [-0.2, 0) is 0 Å². The summed E-state index contributed by atoms with van der Waals surface area (Å²) < 4.78 is 20.1. The molecule has 1 heterocycles. The molecule has 0 saturated carbocycles. The summed E-state index contributed by atoms with van der Waals surface area (Å²) in [4.78, 5) is 9.87. The highest BCUT2D eigenvalue weighted by atomic mass is 35.5. The molecule has 150 valence electrons. The van der Waals surface area contributed by atoms with Gasteiger partial charge in [0.1, 0.15) is 11.6 Å². The maximum absolute atomic E-state index is 14.5. The van der Waals surface area contributed by atoms with Crippen LogP contribution in [0.25, 0.3) is 0 Å². The van der Waals surface area contributed by atoms with E-state index in [4.69, 9.17) is 39.4 Å². The first-order valence-corrected chi connectivity index (χ1v) is 8.97. The molecule has 2 aromatic carbocycles. The van der Waals surface area contributed by atoms with E-state index < -0.39 is 12.0 Å². The molecular formula is C18H19Cl3FN5O. The highest BCUT2D eigenvalue weighted by Gasteiger charge is 2.28. The van der Waals surface area contributed by atoms with Crippen LogP contribution in [0.5, 0.6) is 5.75 Å². The van der Waals surface area contributed by atoms with Gasteiger partial charge in [-0.25, -0.2) is 9.38 Å². The second-order valence-corrected chi connectivity index (χ2v) is 6.67. The van der Waals surface area contributed by atoms with Crippen molar-refractivity contribution in [2.24, 2.45) is 21.5 Å². The maximum atomic E-state index is 14.5. The second-order valence-electron chi connectivity index (χ2n) is 5.82. The number of nitrogens with zero attached hydrogens (tertiary/aromatic N) is 3. The fraction of sp³-hybridized carbons (Fsp3) is 0.222. The Morgan fingerprint density at radius 2 is 1.82 bits per heavy atom. The van der Waals surface area contributed by atoms with Crippen molar-refractivity contribution in [1.29, 1.82) is 0 Å². The fourth-order valence-corrected chi connectivity index (χ4v) is 2.99. The first-order valence-electron chi connectivity index (χ1n) is 8.22. The van der Waals surface area contributed by atoms with Gasteiger partial charge >= 0.3 is 0 Å². The summed E-state index contributed by atoms with van der Waals surface area (Å²) >= 11 is 11.7. The minimum Gasteiger partial charge on any atom is -0.494 e. The van der Waals surface area contributed by atoms with E-state index in [0.29, 0.717) is 30.3 Å². The van der Waals surface area contributed by atoms with Gasteiger partial charge in [-0.3, -0.25) is 0 Å². The van der Waals surface area contributed by atoms with Gasteiger partial charge in [0.15, 0.2) is 6.17 Å². The van der Waals surface area contributed by atoms with Crippen LogP contribution in [-0.4, -0.2) is 30.0 Å². The van der Waals surface area contributed by atoms with Gasteiger partial charge in [0, 0.05) is 17.1 Å². The molecule has 1 unspecified atom stereocenters. The molecule has 0 amide bonds. The lowest BCUT2D eigenvalue weighted by Crippen LogP contribution is -2.45. The van der Waals surface area contributed by atoms with E-state index in [1.165, 1.54) is 6.07 Å². The molecule has 0 saturated heterocycles. The Kier molecular flexibility index (Phi) is 7.74. The van der Waals surface area contributed by atoms with Crippen molar-refractivity contribution >= 4 is 47.5 Å². The van der Waals surface area contributed by atoms with Crippen molar-refractivity contribution in [3.05, 3.63) is 63.9 Å². The smallest absolute Gasteiger partial charge is 0.220 e. The lowest BCUT2D eigenvalue weighted by Gasteiger charge is -2.33. The third-order valence-corrected chi connectivity index (χ3v) is 4.50. The van der Waals surface area contributed by atoms with Crippen LogP contribution in [0.4, 0.5) is 4.39 Å². The Bertz CT molecular complexity index is 876. The van der Waals surface area contributed by atoms with Crippen molar-refractivity contribution in [3.63, 3.8) is 0 Å². The van der Waals surface area contributed by atoms with E-state index in [0.717, 1.165) is 0 Å². The highest BCUT2D eigenvalue weighted by Crippen LogP contribution is 2.30. The number of ether oxygens (including phenoxy) is 1. The zero-order valence-electron chi connectivity index (χ0n) is 14.7. The number of aliphatic imine (C=N–C) groups is 2. The second kappa shape index (κ2) is 9.82. The van der Waals surface area contributed by atoms with Crippen LogP contribution in [0.15, 0.2) is 52.4 Å². The standard InChI is InChI=1S/C18H18Cl2FN5O.ClH/c19-11-5-7-12(8-6-11)27-10-2-9-26-16(24-17(22)25-18(26)23)13-3-1-4-14(20)15(13)21;/h1,3-8,16H,2,9-10H2,(H4,22,23,24,25);1H. The van der Waals surface area contributed by atoms with Gasteiger partial charge in [0.05, 0.1) is 11.6 Å². The molecular weight excluding hydrogens is 428 g/mol. The van der Waals surface area contributed by atoms with Crippen LogP contribution >= 0.6 is 35.6 Å². The summed E-state index contributed by atoms with van der Waals surface area (Å²) in [6, 6.07) is 11.8. The molecule has 3 rings (SSSR count). The average molecular weight is 447 g/mol. The first kappa shape index (κ1) is 22.1. The van der Waals surface area contributed by atoms with Crippen molar-refractivity contribution in [2.75, 3.05) is 13.2 Å². The molecule has 28 heavy (non-hydrogen) atoms. The minimum atomic E-state index is -0.739. The Morgan fingerprint density at radius 3 is 2.54 bits per heavy atom. The third-order valence-electron chi connectivity index (χ3n) is 3.96. The third kappa shape index (κ3) is 5.19. The van der Waals surface area contributed by atoms with Crippen molar-refractivity contribution in [3.8, 4) is 5.75 Å². The topological polar surface area (TPSA) is 89.2 Å². The van der Waals surface area contributed by atoms with E-state index >= 15 is 0 Å². The predicted molar refractivity (Wildman–Crippen MR) is 113 cm³/mol. The molecule has 1 atom stereocenters. The number of hydrogen-bond donors (Lipinski definition) is 2. The zero-order valence-corrected chi connectivity index (χ0v) is 17.0.